The molecule has 0 spiro atoms. The zero-order chi connectivity index (χ0) is 37.2. The van der Waals surface area contributed by atoms with E-state index in [-0.39, 0.29) is 21.3 Å². The van der Waals surface area contributed by atoms with Crippen molar-refractivity contribution in [1.29, 1.82) is 0 Å². The van der Waals surface area contributed by atoms with Crippen LogP contribution in [0, 0.1) is 36.0 Å². The second-order valence-corrected chi connectivity index (χ2v) is 16.7. The first-order chi connectivity index (χ1) is 24.9. The van der Waals surface area contributed by atoms with Gasteiger partial charge in [-0.05, 0) is 90.0 Å². The summed E-state index contributed by atoms with van der Waals surface area (Å²) in [6.07, 6.45) is 0. The monoisotopic (exact) mass is 766 g/mol. The number of halogens is 5. The molecular weight excluding hydrogens is 740 g/mol. The third kappa shape index (κ3) is 6.96. The van der Waals surface area contributed by atoms with E-state index in [1.807, 2.05) is 0 Å². The highest BCUT2D eigenvalue weighted by Gasteiger charge is 2.45. The maximum atomic E-state index is 16.0. The number of carbonyl (C=O) groups is 1. The van der Waals surface area contributed by atoms with Gasteiger partial charge in [0.1, 0.15) is 10.6 Å². The van der Waals surface area contributed by atoms with Crippen LogP contribution in [0.25, 0.3) is 0 Å². The highest BCUT2D eigenvalue weighted by atomic mass is 32.3. The fourth-order valence-corrected chi connectivity index (χ4v) is 11.5. The minimum absolute atomic E-state index is 0.213. The summed E-state index contributed by atoms with van der Waals surface area (Å²) < 4.78 is 116. The van der Waals surface area contributed by atoms with Gasteiger partial charge in [0.05, 0.1) is 12.0 Å². The number of benzene rings is 6. The van der Waals surface area contributed by atoms with E-state index in [1.54, 1.807) is 61.5 Å². The van der Waals surface area contributed by atoms with Crippen molar-refractivity contribution in [3.63, 3.8) is 0 Å². The Kier molecular flexibility index (Phi) is 10.6. The molecule has 0 N–H and O–H groups in total. The van der Waals surface area contributed by atoms with E-state index in [0.29, 0.717) is 26.5 Å². The quantitative estimate of drug-likeness (QED) is 0.0566. The van der Waals surface area contributed by atoms with Crippen LogP contribution in [0.4, 0.5) is 22.0 Å². The summed E-state index contributed by atoms with van der Waals surface area (Å²) in [6, 6.07) is 31.5. The molecule has 0 aliphatic rings. The van der Waals surface area contributed by atoms with Crippen LogP contribution in [0.3, 0.4) is 0 Å². The fourth-order valence-electron chi connectivity index (χ4n) is 5.28. The Morgan fingerprint density at radius 2 is 1.10 bits per heavy atom. The Hall–Kier alpha value is -4.95. The molecule has 52 heavy (non-hydrogen) atoms. The maximum absolute atomic E-state index is 16.0. The minimum Gasteiger partial charge on any atom is -0.497 e. The molecule has 0 aromatic heterocycles. The van der Waals surface area contributed by atoms with Crippen molar-refractivity contribution in [1.82, 2.24) is 0 Å². The lowest BCUT2D eigenvalue weighted by Gasteiger charge is -2.39. The van der Waals surface area contributed by atoms with Gasteiger partial charge in [-0.1, -0.05) is 71.9 Å². The summed E-state index contributed by atoms with van der Waals surface area (Å²) in [5.74, 6) is -11.5. The summed E-state index contributed by atoms with van der Waals surface area (Å²) in [5, 5.41) is 0. The molecule has 1 atom stereocenters. The van der Waals surface area contributed by atoms with E-state index in [2.05, 4.69) is 0 Å². The van der Waals surface area contributed by atoms with E-state index in [9.17, 15) is 17.6 Å². The van der Waals surface area contributed by atoms with Crippen LogP contribution in [0.5, 0.6) is 5.75 Å². The molecule has 13 heteroatoms. The summed E-state index contributed by atoms with van der Waals surface area (Å²) in [5.41, 5.74) is 1.55. The van der Waals surface area contributed by atoms with Gasteiger partial charge in [-0.15, -0.1) is 0 Å². The van der Waals surface area contributed by atoms with Crippen molar-refractivity contribution in [2.75, 3.05) is 7.11 Å². The average Bonchev–Trinajstić information content (AvgIpc) is 3.16. The Morgan fingerprint density at radius 1 is 0.596 bits per heavy atom. The molecule has 6 aromatic carbocycles. The van der Waals surface area contributed by atoms with Crippen molar-refractivity contribution in [2.45, 2.75) is 36.3 Å². The first-order valence-electron chi connectivity index (χ1n) is 15.4. The molecule has 0 saturated heterocycles. The number of hydrogen-bond donors (Lipinski definition) is 0. The van der Waals surface area contributed by atoms with Gasteiger partial charge in [0.25, 0.3) is 0 Å². The number of ketones is 1. The van der Waals surface area contributed by atoms with E-state index in [1.165, 1.54) is 91.7 Å². The molecule has 0 bridgehead atoms. The van der Waals surface area contributed by atoms with Crippen LogP contribution in [0.15, 0.2) is 157 Å². The molecule has 0 fully saturated rings. The molecular formula is C39H27F5O5S3. The second-order valence-electron chi connectivity index (χ2n) is 11.2. The van der Waals surface area contributed by atoms with E-state index < -0.39 is 59.3 Å². The Balaban J connectivity index is 1.56. The molecule has 6 aromatic rings. The largest absolute Gasteiger partial charge is 0.497 e. The highest BCUT2D eigenvalue weighted by molar-refractivity contribution is 8.33. The number of hydrogen-bond acceptors (Lipinski definition) is 6. The standard InChI is InChI=1S/C39H27F5O5S3/c1-24-12-18-30(19-13-24)52(46,47)49-51(28-20-14-26(48-2)15-21-28,39-36(43)34(41)33(40)35(42)37(39)44)29-22-16-27(17-23-29)50-32-11-7-6-10-31(32)38(45)25-8-4-3-5-9-25/h3-23H,1-2H3. The van der Waals surface area contributed by atoms with Crippen LogP contribution in [-0.4, -0.2) is 21.3 Å². The normalized spacial score (nSPS) is 13.3. The van der Waals surface area contributed by atoms with Crippen molar-refractivity contribution in [3.05, 3.63) is 173 Å². The highest BCUT2D eigenvalue weighted by Crippen LogP contribution is 2.72. The van der Waals surface area contributed by atoms with Crippen LogP contribution in [0.2, 0.25) is 0 Å². The first-order valence-corrected chi connectivity index (χ1v) is 19.1. The van der Waals surface area contributed by atoms with E-state index in [4.69, 9.17) is 8.37 Å². The zero-order valence-corrected chi connectivity index (χ0v) is 29.7. The van der Waals surface area contributed by atoms with Gasteiger partial charge < -0.3 is 4.74 Å². The van der Waals surface area contributed by atoms with Crippen LogP contribution in [-0.2, 0) is 13.7 Å². The lowest BCUT2D eigenvalue weighted by molar-refractivity contribution is 0.103. The average molecular weight is 767 g/mol. The number of rotatable bonds is 11. The van der Waals surface area contributed by atoms with Gasteiger partial charge in [0.2, 0.25) is 5.82 Å². The Morgan fingerprint density at radius 3 is 1.67 bits per heavy atom. The lowest BCUT2D eigenvalue weighted by Crippen LogP contribution is -2.19. The molecule has 0 radical (unpaired) electrons. The SMILES string of the molecule is COc1ccc(S(OS(=O)(=O)c2ccc(C)cc2)(c2ccc(Sc3ccccc3C(=O)c3ccccc3)cc2)c2c(F)c(F)c(F)c(F)c2F)cc1. The predicted molar refractivity (Wildman–Crippen MR) is 188 cm³/mol. The van der Waals surface area contributed by atoms with Gasteiger partial charge in [0.15, 0.2) is 29.1 Å². The van der Waals surface area contributed by atoms with Gasteiger partial charge in [-0.3, -0.25) is 4.79 Å². The van der Waals surface area contributed by atoms with Gasteiger partial charge in [-0.25, -0.2) is 25.6 Å². The van der Waals surface area contributed by atoms with Gasteiger partial charge >= 0.3 is 10.1 Å². The van der Waals surface area contributed by atoms with E-state index >= 15 is 17.6 Å². The van der Waals surface area contributed by atoms with Crippen molar-refractivity contribution >= 4 is 38.0 Å². The van der Waals surface area contributed by atoms with Crippen molar-refractivity contribution < 1.29 is 43.5 Å². The number of methoxy groups -OCH3 is 1. The molecule has 0 heterocycles. The van der Waals surface area contributed by atoms with Crippen molar-refractivity contribution in [2.24, 2.45) is 0 Å². The van der Waals surface area contributed by atoms with Crippen molar-refractivity contribution in [3.8, 4) is 5.75 Å². The smallest absolute Gasteiger partial charge is 0.307 e. The third-order valence-electron chi connectivity index (χ3n) is 7.90. The van der Waals surface area contributed by atoms with Gasteiger partial charge in [0, 0.05) is 30.7 Å². The molecule has 5 nitrogen and oxygen atoms in total. The molecule has 0 saturated carbocycles. The minimum atomic E-state index is -4.97. The number of ether oxygens (including phenoxy) is 1. The summed E-state index contributed by atoms with van der Waals surface area (Å²) in [6.45, 7) is 1.70. The van der Waals surface area contributed by atoms with Crippen LogP contribution < -0.4 is 4.74 Å². The van der Waals surface area contributed by atoms with Crippen LogP contribution in [0.1, 0.15) is 21.5 Å². The fraction of sp³-hybridized carbons (Fsp3) is 0.0513. The van der Waals surface area contributed by atoms with E-state index in [0.717, 1.165) is 0 Å². The topological polar surface area (TPSA) is 69.7 Å². The van der Waals surface area contributed by atoms with Gasteiger partial charge in [-0.2, -0.15) is 8.42 Å². The Bertz CT molecular complexity index is 2350. The molecule has 0 amide bonds. The number of aryl methyl sites for hydroxylation is 1. The lowest BCUT2D eigenvalue weighted by atomic mass is 10.0. The molecule has 1 unspecified atom stereocenters. The third-order valence-corrected chi connectivity index (χ3v) is 14.2. The zero-order valence-electron chi connectivity index (χ0n) is 27.3. The Labute approximate surface area is 302 Å². The summed E-state index contributed by atoms with van der Waals surface area (Å²) >= 11 is 1.17. The molecule has 6 rings (SSSR count). The predicted octanol–water partition coefficient (Wildman–Crippen LogP) is 10.7. The number of carbonyl (C=O) groups excluding carboxylic acids is 1. The first kappa shape index (κ1) is 36.8. The van der Waals surface area contributed by atoms with Crippen LogP contribution >= 0.6 is 22.1 Å². The molecule has 0 aliphatic carbocycles. The summed E-state index contributed by atoms with van der Waals surface area (Å²) in [4.78, 5) is 12.1. The summed E-state index contributed by atoms with van der Waals surface area (Å²) in [7, 11) is -7.97. The molecule has 0 aliphatic heterocycles. The maximum Gasteiger partial charge on any atom is 0.307 e. The molecule has 266 valence electrons. The second kappa shape index (κ2) is 15.0.